The van der Waals surface area contributed by atoms with E-state index >= 15 is 0 Å². The maximum atomic E-state index is 12.7. The van der Waals surface area contributed by atoms with Crippen LogP contribution >= 0.6 is 11.8 Å². The van der Waals surface area contributed by atoms with Gasteiger partial charge in [-0.25, -0.2) is 13.1 Å². The molecule has 0 spiro atoms. The van der Waals surface area contributed by atoms with Crippen molar-refractivity contribution in [2.75, 3.05) is 22.5 Å². The minimum atomic E-state index is -3.41. The molecule has 8 nitrogen and oxygen atoms in total. The van der Waals surface area contributed by atoms with Crippen LogP contribution < -0.4 is 10.2 Å². The van der Waals surface area contributed by atoms with E-state index in [9.17, 15) is 13.2 Å². The Morgan fingerprint density at radius 2 is 2.03 bits per heavy atom. The molecule has 1 N–H and O–H groups in total. The molecule has 0 saturated heterocycles. The summed E-state index contributed by atoms with van der Waals surface area (Å²) in [5.41, 5.74) is 2.86. The summed E-state index contributed by atoms with van der Waals surface area (Å²) in [6.45, 7) is 0.368. The molecule has 2 aromatic carbocycles. The number of amides is 1. The molecule has 2 aliphatic rings. The van der Waals surface area contributed by atoms with Crippen LogP contribution in [0.1, 0.15) is 10.4 Å². The van der Waals surface area contributed by atoms with Crippen molar-refractivity contribution in [1.29, 1.82) is 0 Å². The first-order valence-electron chi connectivity index (χ1n) is 8.82. The average Bonchev–Trinajstić information content (AvgIpc) is 3.34. The van der Waals surface area contributed by atoms with Gasteiger partial charge in [0.05, 0.1) is 17.1 Å². The van der Waals surface area contributed by atoms with E-state index in [0.29, 0.717) is 23.0 Å². The standard InChI is InChI=1S/C19H15N5O3S2/c25-18(21-14-3-1-4-15(12-14)24-8-2-7-20-24)13-5-6-16-17(11-13)28-19-22-29(26,27)10-9-23(16)19/h1-8,11-12H,9-10H2,(H,21,25). The van der Waals surface area contributed by atoms with Gasteiger partial charge in [0.25, 0.3) is 15.9 Å². The number of thioether (sulfide) groups is 1. The summed E-state index contributed by atoms with van der Waals surface area (Å²) in [4.78, 5) is 15.4. The molecule has 3 aromatic rings. The lowest BCUT2D eigenvalue weighted by atomic mass is 10.1. The van der Waals surface area contributed by atoms with Gasteiger partial charge < -0.3 is 10.2 Å². The zero-order valence-electron chi connectivity index (χ0n) is 15.0. The van der Waals surface area contributed by atoms with Gasteiger partial charge in [-0.15, -0.1) is 4.40 Å². The highest BCUT2D eigenvalue weighted by Crippen LogP contribution is 2.42. The van der Waals surface area contributed by atoms with Crippen molar-refractivity contribution in [1.82, 2.24) is 9.78 Å². The average molecular weight is 425 g/mol. The Balaban J connectivity index is 1.38. The molecule has 10 heteroatoms. The van der Waals surface area contributed by atoms with E-state index < -0.39 is 10.0 Å². The second-order valence-corrected chi connectivity index (χ2v) is 9.31. The number of nitrogens with one attached hydrogen (secondary N) is 1. The second kappa shape index (κ2) is 6.75. The Morgan fingerprint density at radius 1 is 1.14 bits per heavy atom. The molecule has 5 rings (SSSR count). The van der Waals surface area contributed by atoms with Crippen molar-refractivity contribution < 1.29 is 13.2 Å². The number of hydrogen-bond acceptors (Lipinski definition) is 6. The number of hydrogen-bond donors (Lipinski definition) is 1. The molecular formula is C19H15N5O3S2. The van der Waals surface area contributed by atoms with E-state index in [1.807, 2.05) is 47.5 Å². The number of carbonyl (C=O) groups excluding carboxylic acids is 1. The fourth-order valence-corrected chi connectivity index (χ4v) is 5.52. The van der Waals surface area contributed by atoms with Crippen LogP contribution in [-0.2, 0) is 10.0 Å². The number of carbonyl (C=O) groups is 1. The molecule has 0 aliphatic carbocycles. The van der Waals surface area contributed by atoms with Crippen molar-refractivity contribution in [2.45, 2.75) is 4.90 Å². The third kappa shape index (κ3) is 3.40. The van der Waals surface area contributed by atoms with E-state index in [4.69, 9.17) is 0 Å². The summed E-state index contributed by atoms with van der Waals surface area (Å²) in [7, 11) is -3.41. The van der Waals surface area contributed by atoms with Gasteiger partial charge in [-0.1, -0.05) is 6.07 Å². The fourth-order valence-electron chi connectivity index (χ4n) is 3.22. The number of fused-ring (bicyclic) bond motifs is 3. The summed E-state index contributed by atoms with van der Waals surface area (Å²) in [5, 5.41) is 7.53. The number of aromatic nitrogens is 2. The molecular weight excluding hydrogens is 410 g/mol. The molecule has 0 radical (unpaired) electrons. The van der Waals surface area contributed by atoms with Crippen molar-refractivity contribution in [3.8, 4) is 5.69 Å². The quantitative estimate of drug-likeness (QED) is 0.693. The van der Waals surface area contributed by atoms with E-state index in [1.54, 1.807) is 23.0 Å². The van der Waals surface area contributed by atoms with Gasteiger partial charge in [0, 0.05) is 35.1 Å². The topological polar surface area (TPSA) is 96.7 Å². The molecule has 29 heavy (non-hydrogen) atoms. The Kier molecular flexibility index (Phi) is 4.18. The third-order valence-electron chi connectivity index (χ3n) is 4.61. The predicted molar refractivity (Wildman–Crippen MR) is 112 cm³/mol. The molecule has 1 aromatic heterocycles. The SMILES string of the molecule is O=C(Nc1cccc(-n2cccn2)c1)c1ccc2c(c1)SC1=NS(=O)(=O)CCN12. The van der Waals surface area contributed by atoms with E-state index in [2.05, 4.69) is 14.8 Å². The highest BCUT2D eigenvalue weighted by atomic mass is 32.2. The van der Waals surface area contributed by atoms with Crippen molar-refractivity contribution >= 4 is 44.2 Å². The Hall–Kier alpha value is -3.11. The number of rotatable bonds is 3. The van der Waals surface area contributed by atoms with Crippen molar-refractivity contribution in [3.05, 3.63) is 66.5 Å². The van der Waals surface area contributed by atoms with Crippen LogP contribution in [-0.4, -0.2) is 41.6 Å². The van der Waals surface area contributed by atoms with Crippen LogP contribution in [0.15, 0.2) is 70.2 Å². The minimum Gasteiger partial charge on any atom is -0.322 e. The zero-order valence-corrected chi connectivity index (χ0v) is 16.7. The number of benzene rings is 2. The second-order valence-electron chi connectivity index (χ2n) is 6.55. The van der Waals surface area contributed by atoms with Gasteiger partial charge in [-0.05, 0) is 54.2 Å². The predicted octanol–water partition coefficient (Wildman–Crippen LogP) is 2.74. The van der Waals surface area contributed by atoms with Gasteiger partial charge in [0.1, 0.15) is 0 Å². The molecule has 1 amide bonds. The Labute approximate surface area is 171 Å². The lowest BCUT2D eigenvalue weighted by molar-refractivity contribution is 0.102. The lowest BCUT2D eigenvalue weighted by Gasteiger charge is -2.22. The van der Waals surface area contributed by atoms with Crippen LogP contribution in [0.4, 0.5) is 11.4 Å². The van der Waals surface area contributed by atoms with Crippen LogP contribution in [0, 0.1) is 0 Å². The maximum absolute atomic E-state index is 12.7. The molecule has 0 unspecified atom stereocenters. The van der Waals surface area contributed by atoms with Gasteiger partial charge in [-0.3, -0.25) is 4.79 Å². The van der Waals surface area contributed by atoms with Crippen molar-refractivity contribution in [3.63, 3.8) is 0 Å². The molecule has 0 bridgehead atoms. The first kappa shape index (κ1) is 18.0. The molecule has 0 saturated carbocycles. The maximum Gasteiger partial charge on any atom is 0.257 e. The molecule has 0 fully saturated rings. The van der Waals surface area contributed by atoms with Crippen LogP contribution in [0.2, 0.25) is 0 Å². The fraction of sp³-hybridized carbons (Fsp3) is 0.105. The molecule has 0 atom stereocenters. The normalized spacial score (nSPS) is 16.7. The van der Waals surface area contributed by atoms with E-state index in [-0.39, 0.29) is 11.7 Å². The van der Waals surface area contributed by atoms with Crippen LogP contribution in [0.25, 0.3) is 5.69 Å². The molecule has 3 heterocycles. The van der Waals surface area contributed by atoms with Gasteiger partial charge in [0.2, 0.25) is 0 Å². The van der Waals surface area contributed by atoms with Crippen molar-refractivity contribution in [2.24, 2.45) is 4.40 Å². The summed E-state index contributed by atoms with van der Waals surface area (Å²) in [6, 6.07) is 14.6. The smallest absolute Gasteiger partial charge is 0.257 e. The minimum absolute atomic E-state index is 0.00860. The van der Waals surface area contributed by atoms with Crippen LogP contribution in [0.3, 0.4) is 0 Å². The number of amidine groups is 1. The lowest BCUT2D eigenvalue weighted by Crippen LogP contribution is -2.35. The van der Waals surface area contributed by atoms with E-state index in [0.717, 1.165) is 16.3 Å². The van der Waals surface area contributed by atoms with E-state index in [1.165, 1.54) is 11.8 Å². The van der Waals surface area contributed by atoms with Gasteiger partial charge in [0.15, 0.2) is 5.17 Å². The van der Waals surface area contributed by atoms with Crippen LogP contribution in [0.5, 0.6) is 0 Å². The van der Waals surface area contributed by atoms with Gasteiger partial charge in [-0.2, -0.15) is 5.10 Å². The Morgan fingerprint density at radius 3 is 2.86 bits per heavy atom. The highest BCUT2D eigenvalue weighted by molar-refractivity contribution is 8.15. The Bertz CT molecular complexity index is 1250. The van der Waals surface area contributed by atoms with Gasteiger partial charge >= 0.3 is 0 Å². The molecule has 146 valence electrons. The first-order chi connectivity index (χ1) is 14.0. The highest BCUT2D eigenvalue weighted by Gasteiger charge is 2.33. The number of nitrogens with zero attached hydrogens (tertiary/aromatic N) is 4. The number of sulfonamides is 1. The summed E-state index contributed by atoms with van der Waals surface area (Å²) in [5.74, 6) is -0.254. The largest absolute Gasteiger partial charge is 0.322 e. The monoisotopic (exact) mass is 425 g/mol. The summed E-state index contributed by atoms with van der Waals surface area (Å²) < 4.78 is 29.0. The molecule has 2 aliphatic heterocycles. The zero-order chi connectivity index (χ0) is 20.0. The third-order valence-corrected chi connectivity index (χ3v) is 6.91. The summed E-state index contributed by atoms with van der Waals surface area (Å²) in [6.07, 6.45) is 3.52. The number of anilines is 2. The summed E-state index contributed by atoms with van der Waals surface area (Å²) >= 11 is 1.27. The first-order valence-corrected chi connectivity index (χ1v) is 11.2.